The molecule has 0 aliphatic heterocycles. The van der Waals surface area contributed by atoms with Gasteiger partial charge in [-0.1, -0.05) is 38.4 Å². The van der Waals surface area contributed by atoms with E-state index in [9.17, 15) is 5.11 Å². The van der Waals surface area contributed by atoms with Gasteiger partial charge in [0.1, 0.15) is 5.75 Å². The van der Waals surface area contributed by atoms with E-state index < -0.39 is 0 Å². The number of halogens is 1. The van der Waals surface area contributed by atoms with Gasteiger partial charge in [-0.25, -0.2) is 0 Å². The highest BCUT2D eigenvalue weighted by atomic mass is 35.5. The second kappa shape index (κ2) is 3.22. The molecule has 1 N–H and O–H groups in total. The third-order valence-electron chi connectivity index (χ3n) is 2.08. The van der Waals surface area contributed by atoms with Gasteiger partial charge in [0.25, 0.3) is 0 Å². The molecule has 0 fully saturated rings. The summed E-state index contributed by atoms with van der Waals surface area (Å²) in [6, 6.07) is 3.66. The first-order valence-corrected chi connectivity index (χ1v) is 4.70. The van der Waals surface area contributed by atoms with Gasteiger partial charge in [-0.2, -0.15) is 0 Å². The monoisotopic (exact) mass is 198 g/mol. The van der Waals surface area contributed by atoms with Gasteiger partial charge < -0.3 is 5.11 Å². The number of hydrogen-bond donors (Lipinski definition) is 1. The largest absolute Gasteiger partial charge is 0.507 e. The topological polar surface area (TPSA) is 20.2 Å². The lowest BCUT2D eigenvalue weighted by molar-refractivity contribution is 0.443. The van der Waals surface area contributed by atoms with E-state index in [-0.39, 0.29) is 5.41 Å². The van der Waals surface area contributed by atoms with Gasteiger partial charge in [-0.05, 0) is 24.0 Å². The zero-order chi connectivity index (χ0) is 10.2. The zero-order valence-electron chi connectivity index (χ0n) is 8.48. The van der Waals surface area contributed by atoms with Crippen molar-refractivity contribution >= 4 is 11.6 Å². The smallest absolute Gasteiger partial charge is 0.123 e. The predicted octanol–water partition coefficient (Wildman–Crippen LogP) is 3.65. The first-order chi connectivity index (χ1) is 5.84. The molecule has 13 heavy (non-hydrogen) atoms. The number of phenolic OH excluding ortho intramolecular Hbond substituents is 1. The maximum atomic E-state index is 9.83. The van der Waals surface area contributed by atoms with Crippen LogP contribution in [0.3, 0.4) is 0 Å². The first kappa shape index (κ1) is 10.4. The van der Waals surface area contributed by atoms with Crippen LogP contribution in [0.4, 0.5) is 0 Å². The summed E-state index contributed by atoms with van der Waals surface area (Å²) in [6.07, 6.45) is 0. The Morgan fingerprint density at radius 3 is 2.15 bits per heavy atom. The Bertz CT molecular complexity index is 324. The van der Waals surface area contributed by atoms with Crippen molar-refractivity contribution in [3.8, 4) is 5.75 Å². The fourth-order valence-corrected chi connectivity index (χ4v) is 1.82. The molecule has 0 heterocycles. The normalized spacial score (nSPS) is 11.8. The summed E-state index contributed by atoms with van der Waals surface area (Å²) in [5, 5.41) is 10.5. The minimum atomic E-state index is -0.118. The molecule has 0 unspecified atom stereocenters. The molecule has 0 spiro atoms. The van der Waals surface area contributed by atoms with E-state index in [1.165, 1.54) is 0 Å². The summed E-state index contributed by atoms with van der Waals surface area (Å²) in [5.41, 5.74) is 1.58. The quantitative estimate of drug-likeness (QED) is 0.675. The summed E-state index contributed by atoms with van der Waals surface area (Å²) >= 11 is 6.03. The van der Waals surface area contributed by atoms with Crippen LogP contribution in [-0.2, 0) is 5.41 Å². The van der Waals surface area contributed by atoms with Crippen LogP contribution in [0, 0.1) is 6.92 Å². The lowest BCUT2D eigenvalue weighted by Gasteiger charge is -2.22. The summed E-state index contributed by atoms with van der Waals surface area (Å²) in [7, 11) is 0. The van der Waals surface area contributed by atoms with Gasteiger partial charge in [0.05, 0.1) is 0 Å². The molecular weight excluding hydrogens is 184 g/mol. The minimum absolute atomic E-state index is 0.118. The van der Waals surface area contributed by atoms with Crippen LogP contribution in [-0.4, -0.2) is 5.11 Å². The highest BCUT2D eigenvalue weighted by Gasteiger charge is 2.22. The van der Waals surface area contributed by atoms with E-state index in [1.807, 2.05) is 39.8 Å². The van der Waals surface area contributed by atoms with E-state index in [0.717, 1.165) is 11.1 Å². The molecule has 1 aromatic carbocycles. The van der Waals surface area contributed by atoms with E-state index >= 15 is 0 Å². The van der Waals surface area contributed by atoms with Crippen LogP contribution in [0.25, 0.3) is 0 Å². The molecule has 1 rings (SSSR count). The average molecular weight is 199 g/mol. The number of hydrogen-bond acceptors (Lipinski definition) is 1. The lowest BCUT2D eigenvalue weighted by Crippen LogP contribution is -2.12. The van der Waals surface area contributed by atoms with Crippen molar-refractivity contribution in [2.75, 3.05) is 0 Å². The van der Waals surface area contributed by atoms with E-state index in [0.29, 0.717) is 10.8 Å². The van der Waals surface area contributed by atoms with Crippen molar-refractivity contribution in [3.05, 3.63) is 28.3 Å². The Hall–Kier alpha value is -0.690. The predicted molar refractivity (Wildman–Crippen MR) is 56.6 cm³/mol. The van der Waals surface area contributed by atoms with E-state index in [4.69, 9.17) is 11.6 Å². The summed E-state index contributed by atoms with van der Waals surface area (Å²) in [5.74, 6) is 0.319. The fourth-order valence-electron chi connectivity index (χ4n) is 1.38. The third-order valence-corrected chi connectivity index (χ3v) is 2.39. The van der Waals surface area contributed by atoms with Crippen molar-refractivity contribution in [3.63, 3.8) is 0 Å². The molecule has 72 valence electrons. The Morgan fingerprint density at radius 1 is 1.23 bits per heavy atom. The molecule has 0 atom stereocenters. The highest BCUT2D eigenvalue weighted by Crippen LogP contribution is 2.38. The Morgan fingerprint density at radius 2 is 1.77 bits per heavy atom. The lowest BCUT2D eigenvalue weighted by atomic mass is 9.85. The Balaban J connectivity index is 3.43. The maximum absolute atomic E-state index is 9.83. The molecule has 2 heteroatoms. The SMILES string of the molecule is Cc1ccc(Cl)c(C(C)(C)C)c1O. The van der Waals surface area contributed by atoms with Crippen LogP contribution >= 0.6 is 11.6 Å². The van der Waals surface area contributed by atoms with Crippen molar-refractivity contribution in [2.24, 2.45) is 0 Å². The number of aryl methyl sites for hydroxylation is 1. The number of rotatable bonds is 0. The molecule has 0 saturated heterocycles. The Kier molecular flexibility index (Phi) is 2.58. The van der Waals surface area contributed by atoms with Crippen molar-refractivity contribution < 1.29 is 5.11 Å². The molecule has 0 aromatic heterocycles. The number of phenols is 1. The van der Waals surface area contributed by atoms with Crippen molar-refractivity contribution in [2.45, 2.75) is 33.1 Å². The number of benzene rings is 1. The summed E-state index contributed by atoms with van der Waals surface area (Å²) < 4.78 is 0. The second-order valence-electron chi connectivity index (χ2n) is 4.34. The molecule has 1 aromatic rings. The molecule has 0 bridgehead atoms. The summed E-state index contributed by atoms with van der Waals surface area (Å²) in [4.78, 5) is 0. The molecular formula is C11H15ClO. The number of aromatic hydroxyl groups is 1. The van der Waals surface area contributed by atoms with Crippen molar-refractivity contribution in [1.82, 2.24) is 0 Å². The molecule has 0 aliphatic rings. The molecule has 0 amide bonds. The van der Waals surface area contributed by atoms with Crippen LogP contribution in [0.2, 0.25) is 5.02 Å². The zero-order valence-corrected chi connectivity index (χ0v) is 9.24. The molecule has 0 radical (unpaired) electrons. The third kappa shape index (κ3) is 1.97. The van der Waals surface area contributed by atoms with Gasteiger partial charge in [0, 0.05) is 10.6 Å². The van der Waals surface area contributed by atoms with Crippen LogP contribution < -0.4 is 0 Å². The van der Waals surface area contributed by atoms with Gasteiger partial charge in [-0.15, -0.1) is 0 Å². The Labute approximate surface area is 84.4 Å². The van der Waals surface area contributed by atoms with Gasteiger partial charge >= 0.3 is 0 Å². The van der Waals surface area contributed by atoms with Crippen LogP contribution in [0.15, 0.2) is 12.1 Å². The molecule has 0 aliphatic carbocycles. The second-order valence-corrected chi connectivity index (χ2v) is 4.75. The van der Waals surface area contributed by atoms with Gasteiger partial charge in [0.15, 0.2) is 0 Å². The first-order valence-electron chi connectivity index (χ1n) is 4.32. The van der Waals surface area contributed by atoms with Crippen LogP contribution in [0.1, 0.15) is 31.9 Å². The van der Waals surface area contributed by atoms with E-state index in [2.05, 4.69) is 0 Å². The van der Waals surface area contributed by atoms with Gasteiger partial charge in [0.2, 0.25) is 0 Å². The molecule has 0 saturated carbocycles. The minimum Gasteiger partial charge on any atom is -0.507 e. The molecule has 1 nitrogen and oxygen atoms in total. The van der Waals surface area contributed by atoms with Crippen LogP contribution in [0.5, 0.6) is 5.75 Å². The van der Waals surface area contributed by atoms with E-state index in [1.54, 1.807) is 0 Å². The standard InChI is InChI=1S/C11H15ClO/c1-7-5-6-8(12)9(10(7)13)11(2,3)4/h5-6,13H,1-4H3. The fraction of sp³-hybridized carbons (Fsp3) is 0.455. The highest BCUT2D eigenvalue weighted by molar-refractivity contribution is 6.31. The average Bonchev–Trinajstić information content (AvgIpc) is 1.95. The maximum Gasteiger partial charge on any atom is 0.123 e. The van der Waals surface area contributed by atoms with Crippen molar-refractivity contribution in [1.29, 1.82) is 0 Å². The van der Waals surface area contributed by atoms with Gasteiger partial charge in [-0.3, -0.25) is 0 Å². The summed E-state index contributed by atoms with van der Waals surface area (Å²) in [6.45, 7) is 7.98.